The van der Waals surface area contributed by atoms with Crippen molar-refractivity contribution in [3.05, 3.63) is 218 Å². The van der Waals surface area contributed by atoms with Gasteiger partial charge in [0, 0.05) is 33.4 Å². The monoisotopic (exact) mass is 688 g/mol. The summed E-state index contributed by atoms with van der Waals surface area (Å²) >= 11 is 0. The zero-order valence-corrected chi connectivity index (χ0v) is 29.7. The summed E-state index contributed by atoms with van der Waals surface area (Å²) in [4.78, 5) is 2.38. The lowest BCUT2D eigenvalue weighted by Gasteiger charge is -2.28. The van der Waals surface area contributed by atoms with E-state index in [1.807, 2.05) is 0 Å². The average Bonchev–Trinajstić information content (AvgIpc) is 3.59. The Morgan fingerprint density at radius 1 is 0.315 bits per heavy atom. The first-order valence-electron chi connectivity index (χ1n) is 18.5. The van der Waals surface area contributed by atoms with Crippen molar-refractivity contribution in [1.82, 2.24) is 4.57 Å². The quantitative estimate of drug-likeness (QED) is 0.162. The molecule has 54 heavy (non-hydrogen) atoms. The van der Waals surface area contributed by atoms with E-state index >= 15 is 0 Å². The first-order valence-corrected chi connectivity index (χ1v) is 18.5. The molecule has 0 amide bonds. The molecular weight excluding hydrogens is 653 g/mol. The standard InChI is InChI=1S/C52H36N2/c1-3-15-39(16-4-1)49-36-43(41-18-13-21-46(35-41)54-50-24-11-9-22-47(50)48-23-10-12-25-51(48)54)30-33-52(49)53(44-19-5-2-6-20-44)45-31-28-38(29-32-45)42-27-26-37-14-7-8-17-40(37)34-42/h1-36H. The number of benzene rings is 9. The van der Waals surface area contributed by atoms with Crippen molar-refractivity contribution in [2.24, 2.45) is 0 Å². The molecule has 0 bridgehead atoms. The predicted molar refractivity (Wildman–Crippen MR) is 229 cm³/mol. The van der Waals surface area contributed by atoms with Crippen molar-refractivity contribution >= 4 is 49.6 Å². The molecule has 0 N–H and O–H groups in total. The lowest BCUT2D eigenvalue weighted by atomic mass is 9.95. The van der Waals surface area contributed by atoms with Crippen molar-refractivity contribution < 1.29 is 0 Å². The van der Waals surface area contributed by atoms with Gasteiger partial charge in [0.25, 0.3) is 0 Å². The SMILES string of the molecule is c1ccc(-c2cc(-c3cccc(-n4c5ccccc5c5ccccc54)c3)ccc2N(c2ccccc2)c2ccc(-c3ccc4ccccc4c3)cc2)cc1. The van der Waals surface area contributed by atoms with Crippen molar-refractivity contribution in [1.29, 1.82) is 0 Å². The van der Waals surface area contributed by atoms with Crippen LogP contribution in [0.5, 0.6) is 0 Å². The van der Waals surface area contributed by atoms with Crippen molar-refractivity contribution in [2.45, 2.75) is 0 Å². The van der Waals surface area contributed by atoms with Crippen LogP contribution in [0.4, 0.5) is 17.1 Å². The molecule has 2 nitrogen and oxygen atoms in total. The molecule has 0 atom stereocenters. The molecule has 9 aromatic carbocycles. The van der Waals surface area contributed by atoms with E-state index in [0.717, 1.165) is 28.3 Å². The third-order valence-corrected chi connectivity index (χ3v) is 10.6. The van der Waals surface area contributed by atoms with Crippen LogP contribution in [-0.2, 0) is 0 Å². The second-order valence-corrected chi connectivity index (χ2v) is 13.8. The molecule has 0 fully saturated rings. The fourth-order valence-corrected chi connectivity index (χ4v) is 7.96. The van der Waals surface area contributed by atoms with Gasteiger partial charge in [0.15, 0.2) is 0 Å². The van der Waals surface area contributed by atoms with Crippen LogP contribution in [0.15, 0.2) is 218 Å². The Morgan fingerprint density at radius 2 is 0.852 bits per heavy atom. The van der Waals surface area contributed by atoms with Crippen LogP contribution in [0.3, 0.4) is 0 Å². The molecule has 0 aliphatic heterocycles. The molecule has 0 unspecified atom stereocenters. The number of hydrogen-bond acceptors (Lipinski definition) is 1. The van der Waals surface area contributed by atoms with Gasteiger partial charge >= 0.3 is 0 Å². The summed E-state index contributed by atoms with van der Waals surface area (Å²) in [6, 6.07) is 78.9. The van der Waals surface area contributed by atoms with E-state index in [-0.39, 0.29) is 0 Å². The maximum atomic E-state index is 2.39. The number of fused-ring (bicyclic) bond motifs is 4. The average molecular weight is 689 g/mol. The van der Waals surface area contributed by atoms with Crippen LogP contribution in [0.2, 0.25) is 0 Å². The normalized spacial score (nSPS) is 11.3. The fourth-order valence-electron chi connectivity index (χ4n) is 7.96. The summed E-state index contributed by atoms with van der Waals surface area (Å²) in [6.45, 7) is 0. The van der Waals surface area contributed by atoms with Crippen LogP contribution >= 0.6 is 0 Å². The van der Waals surface area contributed by atoms with Crippen molar-refractivity contribution in [2.75, 3.05) is 4.90 Å². The van der Waals surface area contributed by atoms with Crippen molar-refractivity contribution in [3.63, 3.8) is 0 Å². The number of aromatic nitrogens is 1. The predicted octanol–water partition coefficient (Wildman–Crippen LogP) is 14.4. The Morgan fingerprint density at radius 3 is 1.59 bits per heavy atom. The third kappa shape index (κ3) is 5.62. The van der Waals surface area contributed by atoms with Crippen LogP contribution in [-0.4, -0.2) is 4.57 Å². The zero-order chi connectivity index (χ0) is 35.8. The minimum absolute atomic E-state index is 1.10. The first kappa shape index (κ1) is 31.6. The number of anilines is 3. The highest BCUT2D eigenvalue weighted by atomic mass is 15.1. The Balaban J connectivity index is 1.10. The molecule has 2 heteroatoms. The van der Waals surface area contributed by atoms with Gasteiger partial charge in [-0.2, -0.15) is 0 Å². The lowest BCUT2D eigenvalue weighted by molar-refractivity contribution is 1.18. The molecule has 0 saturated carbocycles. The van der Waals surface area contributed by atoms with Gasteiger partial charge in [0.1, 0.15) is 0 Å². The van der Waals surface area contributed by atoms with Gasteiger partial charge in [0.05, 0.1) is 16.7 Å². The summed E-state index contributed by atoms with van der Waals surface area (Å²) in [7, 11) is 0. The minimum atomic E-state index is 1.10. The topological polar surface area (TPSA) is 8.17 Å². The molecule has 0 saturated heterocycles. The Kier molecular flexibility index (Phi) is 7.85. The van der Waals surface area contributed by atoms with Gasteiger partial charge < -0.3 is 9.47 Å². The maximum Gasteiger partial charge on any atom is 0.0541 e. The summed E-state index contributed by atoms with van der Waals surface area (Å²) < 4.78 is 2.39. The molecule has 0 spiro atoms. The third-order valence-electron chi connectivity index (χ3n) is 10.6. The number of rotatable bonds is 7. The molecule has 10 rings (SSSR count). The van der Waals surface area contributed by atoms with Crippen LogP contribution < -0.4 is 4.90 Å². The van der Waals surface area contributed by atoms with Gasteiger partial charge in [-0.15, -0.1) is 0 Å². The number of nitrogens with zero attached hydrogens (tertiary/aromatic N) is 2. The molecule has 1 heterocycles. The lowest BCUT2D eigenvalue weighted by Crippen LogP contribution is -2.11. The van der Waals surface area contributed by atoms with Crippen LogP contribution in [0, 0.1) is 0 Å². The molecule has 1 aromatic heterocycles. The highest BCUT2D eigenvalue weighted by Crippen LogP contribution is 2.43. The van der Waals surface area contributed by atoms with E-state index in [4.69, 9.17) is 0 Å². The Hall–Kier alpha value is -7.16. The van der Waals surface area contributed by atoms with Gasteiger partial charge in [-0.3, -0.25) is 0 Å². The second-order valence-electron chi connectivity index (χ2n) is 13.8. The Bertz CT molecular complexity index is 2870. The first-order chi connectivity index (χ1) is 26.8. The van der Waals surface area contributed by atoms with Crippen molar-refractivity contribution in [3.8, 4) is 39.1 Å². The molecule has 10 aromatic rings. The smallest absolute Gasteiger partial charge is 0.0541 e. The fraction of sp³-hybridized carbons (Fsp3) is 0. The van der Waals surface area contributed by atoms with Gasteiger partial charge in [-0.05, 0) is 105 Å². The van der Waals surface area contributed by atoms with E-state index in [9.17, 15) is 0 Å². The van der Waals surface area contributed by atoms with Crippen LogP contribution in [0.1, 0.15) is 0 Å². The molecular formula is C52H36N2. The molecule has 254 valence electrons. The van der Waals surface area contributed by atoms with E-state index in [1.165, 1.54) is 60.4 Å². The van der Waals surface area contributed by atoms with Crippen LogP contribution in [0.25, 0.3) is 71.6 Å². The number of para-hydroxylation sites is 3. The highest BCUT2D eigenvalue weighted by Gasteiger charge is 2.19. The highest BCUT2D eigenvalue weighted by molar-refractivity contribution is 6.09. The second kappa shape index (κ2) is 13.4. The minimum Gasteiger partial charge on any atom is -0.310 e. The van der Waals surface area contributed by atoms with Gasteiger partial charge in [-0.25, -0.2) is 0 Å². The zero-order valence-electron chi connectivity index (χ0n) is 29.7. The largest absolute Gasteiger partial charge is 0.310 e. The van der Waals surface area contributed by atoms with E-state index in [2.05, 4.69) is 228 Å². The van der Waals surface area contributed by atoms with Gasteiger partial charge in [-0.1, -0.05) is 152 Å². The summed E-state index contributed by atoms with van der Waals surface area (Å²) in [6.07, 6.45) is 0. The molecule has 0 radical (unpaired) electrons. The molecule has 0 aliphatic carbocycles. The summed E-state index contributed by atoms with van der Waals surface area (Å²) in [5, 5.41) is 5.03. The Labute approximate surface area is 315 Å². The molecule has 0 aliphatic rings. The van der Waals surface area contributed by atoms with E-state index in [0.29, 0.717) is 0 Å². The summed E-state index contributed by atoms with van der Waals surface area (Å²) in [5.41, 5.74) is 14.0. The maximum absolute atomic E-state index is 2.39. The van der Waals surface area contributed by atoms with E-state index in [1.54, 1.807) is 0 Å². The van der Waals surface area contributed by atoms with Gasteiger partial charge in [0.2, 0.25) is 0 Å². The summed E-state index contributed by atoms with van der Waals surface area (Å²) in [5.74, 6) is 0. The number of hydrogen-bond donors (Lipinski definition) is 0. The van der Waals surface area contributed by atoms with E-state index < -0.39 is 0 Å².